The molecule has 0 aliphatic rings. The number of hydrogen-bond donors (Lipinski definition) is 1. The van der Waals surface area contributed by atoms with E-state index < -0.39 is 23.5 Å². The topological polar surface area (TPSA) is 55.1 Å². The van der Waals surface area contributed by atoms with Crippen LogP contribution in [0.5, 0.6) is 0 Å². The number of rotatable bonds is 2. The van der Waals surface area contributed by atoms with Crippen molar-refractivity contribution in [2.75, 3.05) is 0 Å². The number of carboxylic acids is 1. The first-order valence-electron chi connectivity index (χ1n) is 5.37. The van der Waals surface area contributed by atoms with E-state index in [1.807, 2.05) is 0 Å². The summed E-state index contributed by atoms with van der Waals surface area (Å²) in [4.78, 5) is 14.5. The molecule has 1 heterocycles. The van der Waals surface area contributed by atoms with Gasteiger partial charge in [-0.3, -0.25) is 4.57 Å². The van der Waals surface area contributed by atoms with Crippen LogP contribution in [0.15, 0.2) is 24.3 Å². The van der Waals surface area contributed by atoms with Gasteiger partial charge in [-0.05, 0) is 31.2 Å². The molecule has 0 radical (unpaired) electrons. The lowest BCUT2D eigenvalue weighted by Crippen LogP contribution is -2.15. The summed E-state index contributed by atoms with van der Waals surface area (Å²) in [7, 11) is 0. The maximum absolute atomic E-state index is 12.8. The summed E-state index contributed by atoms with van der Waals surface area (Å²) in [5, 5.41) is 9.44. The molecule has 20 heavy (non-hydrogen) atoms. The minimum Gasteiger partial charge on any atom is -0.476 e. The smallest absolute Gasteiger partial charge is 0.435 e. The van der Waals surface area contributed by atoms with Crippen molar-refractivity contribution in [1.29, 1.82) is 0 Å². The molecule has 106 valence electrons. The molecular weight excluding hydrogens is 297 g/mol. The molecule has 0 aliphatic carbocycles. The van der Waals surface area contributed by atoms with Gasteiger partial charge in [-0.1, -0.05) is 11.6 Å². The maximum atomic E-state index is 12.8. The predicted octanol–water partition coefficient (Wildman–Crippen LogP) is 3.55. The third kappa shape index (κ3) is 2.49. The molecule has 8 heteroatoms. The Hall–Kier alpha value is -2.02. The van der Waals surface area contributed by atoms with Crippen LogP contribution in [-0.4, -0.2) is 20.6 Å². The Bertz CT molecular complexity index is 663. The Kier molecular flexibility index (Phi) is 3.47. The summed E-state index contributed by atoms with van der Waals surface area (Å²) in [5.41, 5.74) is -2.10. The number of aromatic nitrogens is 2. The molecule has 1 N–H and O–H groups in total. The van der Waals surface area contributed by atoms with E-state index in [2.05, 4.69) is 4.98 Å². The van der Waals surface area contributed by atoms with Crippen LogP contribution >= 0.6 is 11.6 Å². The van der Waals surface area contributed by atoms with Crippen molar-refractivity contribution < 1.29 is 23.1 Å². The molecule has 0 fully saturated rings. The normalized spacial score (nSPS) is 11.7. The van der Waals surface area contributed by atoms with Crippen LogP contribution in [-0.2, 0) is 6.18 Å². The van der Waals surface area contributed by atoms with Gasteiger partial charge in [0.15, 0.2) is 11.4 Å². The van der Waals surface area contributed by atoms with E-state index in [4.69, 9.17) is 16.7 Å². The third-order valence-corrected chi connectivity index (χ3v) is 2.85. The zero-order valence-corrected chi connectivity index (χ0v) is 10.8. The van der Waals surface area contributed by atoms with Crippen molar-refractivity contribution in [3.8, 4) is 5.69 Å². The Labute approximate surface area is 116 Å². The van der Waals surface area contributed by atoms with Gasteiger partial charge in [-0.25, -0.2) is 9.78 Å². The van der Waals surface area contributed by atoms with Crippen LogP contribution in [0, 0.1) is 6.92 Å². The van der Waals surface area contributed by atoms with Gasteiger partial charge in [0.05, 0.1) is 0 Å². The lowest BCUT2D eigenvalue weighted by molar-refractivity contribution is -0.141. The van der Waals surface area contributed by atoms with Crippen molar-refractivity contribution in [3.63, 3.8) is 0 Å². The first-order valence-corrected chi connectivity index (χ1v) is 5.75. The van der Waals surface area contributed by atoms with Gasteiger partial charge in [-0.2, -0.15) is 13.2 Å². The molecule has 0 saturated heterocycles. The number of hydrogen-bond acceptors (Lipinski definition) is 2. The van der Waals surface area contributed by atoms with E-state index in [-0.39, 0.29) is 11.5 Å². The van der Waals surface area contributed by atoms with Gasteiger partial charge >= 0.3 is 12.1 Å². The molecule has 0 bridgehead atoms. The van der Waals surface area contributed by atoms with E-state index in [1.165, 1.54) is 31.2 Å². The Balaban J connectivity index is 2.73. The van der Waals surface area contributed by atoms with Gasteiger partial charge in [0.25, 0.3) is 0 Å². The zero-order valence-electron chi connectivity index (χ0n) is 10.1. The average molecular weight is 305 g/mol. The molecule has 2 aromatic rings. The lowest BCUT2D eigenvalue weighted by Gasteiger charge is -2.09. The molecule has 0 unspecified atom stereocenters. The third-order valence-electron chi connectivity index (χ3n) is 2.60. The minimum atomic E-state index is -4.84. The number of imidazole rings is 1. The fourth-order valence-electron chi connectivity index (χ4n) is 1.83. The van der Waals surface area contributed by atoms with Gasteiger partial charge in [-0.15, -0.1) is 0 Å². The summed E-state index contributed by atoms with van der Waals surface area (Å²) >= 11 is 5.70. The molecule has 0 atom stereocenters. The Morgan fingerprint density at radius 1 is 1.30 bits per heavy atom. The highest BCUT2D eigenvalue weighted by Gasteiger charge is 2.41. The van der Waals surface area contributed by atoms with Gasteiger partial charge in [0.2, 0.25) is 0 Å². The van der Waals surface area contributed by atoms with Crippen LogP contribution < -0.4 is 0 Å². The molecule has 0 aliphatic heterocycles. The largest absolute Gasteiger partial charge is 0.476 e. The van der Waals surface area contributed by atoms with E-state index >= 15 is 0 Å². The zero-order chi connectivity index (χ0) is 15.1. The maximum Gasteiger partial charge on any atom is 0.435 e. The quantitative estimate of drug-likeness (QED) is 0.923. The number of carbonyl (C=O) groups is 1. The number of aromatic carboxylic acids is 1. The molecule has 0 amide bonds. The SMILES string of the molecule is Cc1nc(C(F)(F)F)c(C(=O)O)n1-c1ccc(Cl)cc1. The van der Waals surface area contributed by atoms with E-state index in [9.17, 15) is 18.0 Å². The number of aryl methyl sites for hydroxylation is 1. The summed E-state index contributed by atoms with van der Waals surface area (Å²) in [6.07, 6.45) is -4.84. The lowest BCUT2D eigenvalue weighted by atomic mass is 10.2. The first kappa shape index (κ1) is 14.4. The van der Waals surface area contributed by atoms with E-state index in [0.29, 0.717) is 5.02 Å². The van der Waals surface area contributed by atoms with E-state index in [1.54, 1.807) is 0 Å². The monoisotopic (exact) mass is 304 g/mol. The van der Waals surface area contributed by atoms with Gasteiger partial charge in [0, 0.05) is 10.7 Å². The van der Waals surface area contributed by atoms with Crippen LogP contribution in [0.25, 0.3) is 5.69 Å². The standard InChI is InChI=1S/C12H8ClF3N2O2/c1-6-17-10(12(14,15)16)9(11(19)20)18(6)8-4-2-7(13)3-5-8/h2-5H,1H3,(H,19,20). The molecule has 1 aromatic heterocycles. The highest BCUT2D eigenvalue weighted by atomic mass is 35.5. The highest BCUT2D eigenvalue weighted by molar-refractivity contribution is 6.30. The van der Waals surface area contributed by atoms with Crippen LogP contribution in [0.1, 0.15) is 22.0 Å². The number of carboxylic acid groups (broad SMARTS) is 1. The molecular formula is C12H8ClF3N2O2. The van der Waals surface area contributed by atoms with Crippen molar-refractivity contribution >= 4 is 17.6 Å². The average Bonchev–Trinajstić information content (AvgIpc) is 2.68. The summed E-state index contributed by atoms with van der Waals surface area (Å²) in [6.45, 7) is 1.30. The first-order chi connectivity index (χ1) is 9.21. The van der Waals surface area contributed by atoms with E-state index in [0.717, 1.165) is 4.57 Å². The minimum absolute atomic E-state index is 0.0722. The Morgan fingerprint density at radius 2 is 1.85 bits per heavy atom. The predicted molar refractivity (Wildman–Crippen MR) is 65.3 cm³/mol. The summed E-state index contributed by atoms with van der Waals surface area (Å²) in [5.74, 6) is -1.77. The number of alkyl halides is 3. The fraction of sp³-hybridized carbons (Fsp3) is 0.167. The second kappa shape index (κ2) is 4.82. The summed E-state index contributed by atoms with van der Waals surface area (Å²) < 4.78 is 39.4. The second-order valence-electron chi connectivity index (χ2n) is 3.97. The fourth-order valence-corrected chi connectivity index (χ4v) is 1.96. The summed E-state index contributed by atoms with van der Waals surface area (Å²) in [6, 6.07) is 5.75. The molecule has 0 spiro atoms. The van der Waals surface area contributed by atoms with Gasteiger partial charge in [0.1, 0.15) is 5.82 Å². The van der Waals surface area contributed by atoms with Crippen molar-refractivity contribution in [2.24, 2.45) is 0 Å². The second-order valence-corrected chi connectivity index (χ2v) is 4.41. The van der Waals surface area contributed by atoms with Gasteiger partial charge < -0.3 is 5.11 Å². The Morgan fingerprint density at radius 3 is 2.30 bits per heavy atom. The highest BCUT2D eigenvalue weighted by Crippen LogP contribution is 2.33. The molecule has 1 aromatic carbocycles. The van der Waals surface area contributed by atoms with Crippen LogP contribution in [0.2, 0.25) is 5.02 Å². The number of halogens is 4. The van der Waals surface area contributed by atoms with Crippen LogP contribution in [0.3, 0.4) is 0 Å². The molecule has 4 nitrogen and oxygen atoms in total. The van der Waals surface area contributed by atoms with Crippen molar-refractivity contribution in [2.45, 2.75) is 13.1 Å². The molecule has 2 rings (SSSR count). The van der Waals surface area contributed by atoms with Crippen molar-refractivity contribution in [1.82, 2.24) is 9.55 Å². The molecule has 0 saturated carbocycles. The number of nitrogens with zero attached hydrogens (tertiary/aromatic N) is 2. The van der Waals surface area contributed by atoms with Crippen molar-refractivity contribution in [3.05, 3.63) is 46.5 Å². The van der Waals surface area contributed by atoms with Crippen LogP contribution in [0.4, 0.5) is 13.2 Å². The number of benzene rings is 1.